The van der Waals surface area contributed by atoms with Crippen molar-refractivity contribution in [2.24, 2.45) is 0 Å². The number of rotatable bonds is 12. The van der Waals surface area contributed by atoms with Crippen LogP contribution >= 0.6 is 0 Å². The van der Waals surface area contributed by atoms with Gasteiger partial charge in [-0.25, -0.2) is 0 Å². The van der Waals surface area contributed by atoms with Crippen LogP contribution in [0.1, 0.15) is 64.7 Å². The Morgan fingerprint density at radius 3 is 2.07 bits per heavy atom. The Bertz CT molecular complexity index is 121. The summed E-state index contributed by atoms with van der Waals surface area (Å²) in [6.45, 7) is 8.35. The molecule has 0 amide bonds. The highest BCUT2D eigenvalue weighted by molar-refractivity contribution is 4.65. The first-order chi connectivity index (χ1) is 7.41. The van der Waals surface area contributed by atoms with Gasteiger partial charge in [-0.2, -0.15) is 0 Å². The van der Waals surface area contributed by atoms with E-state index in [-0.39, 0.29) is 0 Å². The van der Waals surface area contributed by atoms with Crippen molar-refractivity contribution in [1.82, 2.24) is 5.32 Å². The molecule has 0 aliphatic heterocycles. The lowest BCUT2D eigenvalue weighted by atomic mass is 10.1. The molecular formula is C14H29N. The molecule has 0 saturated heterocycles. The summed E-state index contributed by atoms with van der Waals surface area (Å²) in [5.41, 5.74) is 0. The van der Waals surface area contributed by atoms with Gasteiger partial charge in [0, 0.05) is 0 Å². The Labute approximate surface area is 96.3 Å². The Kier molecular flexibility index (Phi) is 13.4. The molecule has 15 heavy (non-hydrogen) atoms. The molecule has 0 saturated carbocycles. The molecule has 0 aromatic heterocycles. The lowest BCUT2D eigenvalue weighted by molar-refractivity contribution is 0.557. The molecule has 0 aliphatic carbocycles. The van der Waals surface area contributed by atoms with Crippen molar-refractivity contribution < 1.29 is 0 Å². The Morgan fingerprint density at radius 2 is 1.47 bits per heavy atom. The molecule has 90 valence electrons. The molecule has 0 fully saturated rings. The van der Waals surface area contributed by atoms with Crippen molar-refractivity contribution in [3.63, 3.8) is 0 Å². The summed E-state index contributed by atoms with van der Waals surface area (Å²) in [4.78, 5) is 0. The van der Waals surface area contributed by atoms with Gasteiger partial charge in [0.15, 0.2) is 0 Å². The quantitative estimate of drug-likeness (QED) is 0.375. The zero-order valence-electron chi connectivity index (χ0n) is 10.6. The van der Waals surface area contributed by atoms with Crippen molar-refractivity contribution in [1.29, 1.82) is 0 Å². The van der Waals surface area contributed by atoms with Gasteiger partial charge in [0.1, 0.15) is 0 Å². The lowest BCUT2D eigenvalue weighted by Gasteiger charge is -2.03. The van der Waals surface area contributed by atoms with Gasteiger partial charge in [-0.05, 0) is 38.8 Å². The van der Waals surface area contributed by atoms with E-state index in [1.165, 1.54) is 70.9 Å². The number of allylic oxidation sites excluding steroid dienone is 1. The van der Waals surface area contributed by atoms with E-state index in [1.807, 2.05) is 6.08 Å². The van der Waals surface area contributed by atoms with Gasteiger partial charge in [-0.1, -0.05) is 45.1 Å². The fourth-order valence-electron chi connectivity index (χ4n) is 1.72. The SMILES string of the molecule is C=CCCCCCCCCCNCCC. The van der Waals surface area contributed by atoms with Gasteiger partial charge in [0.05, 0.1) is 0 Å². The molecule has 1 heteroatoms. The van der Waals surface area contributed by atoms with Crippen LogP contribution in [0.5, 0.6) is 0 Å². The fraction of sp³-hybridized carbons (Fsp3) is 0.857. The maximum atomic E-state index is 3.74. The van der Waals surface area contributed by atoms with Crippen LogP contribution in [-0.4, -0.2) is 13.1 Å². The summed E-state index contributed by atoms with van der Waals surface area (Å²) >= 11 is 0. The second-order valence-corrected chi connectivity index (χ2v) is 4.30. The van der Waals surface area contributed by atoms with Crippen LogP contribution in [0.25, 0.3) is 0 Å². The average Bonchev–Trinajstić information content (AvgIpc) is 2.26. The molecule has 0 atom stereocenters. The van der Waals surface area contributed by atoms with E-state index in [1.54, 1.807) is 0 Å². The van der Waals surface area contributed by atoms with Crippen molar-refractivity contribution in [2.45, 2.75) is 64.7 Å². The molecule has 0 radical (unpaired) electrons. The first-order valence-corrected chi connectivity index (χ1v) is 6.73. The zero-order chi connectivity index (χ0) is 11.2. The maximum absolute atomic E-state index is 3.74. The topological polar surface area (TPSA) is 12.0 Å². The standard InChI is InChI=1S/C14H29N/c1-3-5-6-7-8-9-10-11-12-14-15-13-4-2/h3,15H,1,4-14H2,2H3. The van der Waals surface area contributed by atoms with E-state index in [0.717, 1.165) is 0 Å². The number of nitrogens with one attached hydrogen (secondary N) is 1. The third-order valence-corrected chi connectivity index (χ3v) is 2.69. The van der Waals surface area contributed by atoms with Crippen molar-refractivity contribution in [2.75, 3.05) is 13.1 Å². The summed E-state index contributed by atoms with van der Waals surface area (Å²) < 4.78 is 0. The summed E-state index contributed by atoms with van der Waals surface area (Å²) in [5.74, 6) is 0. The smallest absolute Gasteiger partial charge is 0.00489 e. The highest BCUT2D eigenvalue weighted by Crippen LogP contribution is 2.08. The third kappa shape index (κ3) is 13.7. The molecule has 0 unspecified atom stereocenters. The van der Waals surface area contributed by atoms with Crippen LogP contribution < -0.4 is 5.32 Å². The molecular weight excluding hydrogens is 182 g/mol. The molecule has 0 aromatic carbocycles. The summed E-state index contributed by atoms with van der Waals surface area (Å²) in [7, 11) is 0. The highest BCUT2D eigenvalue weighted by atomic mass is 14.8. The Hall–Kier alpha value is -0.300. The molecule has 0 bridgehead atoms. The zero-order valence-corrected chi connectivity index (χ0v) is 10.6. The van der Waals surface area contributed by atoms with E-state index < -0.39 is 0 Å². The van der Waals surface area contributed by atoms with Gasteiger partial charge in [-0.3, -0.25) is 0 Å². The monoisotopic (exact) mass is 211 g/mol. The minimum absolute atomic E-state index is 1.18. The first-order valence-electron chi connectivity index (χ1n) is 6.73. The van der Waals surface area contributed by atoms with E-state index in [4.69, 9.17) is 0 Å². The predicted octanol–water partition coefficient (Wildman–Crippen LogP) is 4.29. The Balaban J connectivity index is 2.83. The van der Waals surface area contributed by atoms with Crippen LogP contribution in [0, 0.1) is 0 Å². The molecule has 0 spiro atoms. The van der Waals surface area contributed by atoms with Crippen molar-refractivity contribution in [3.05, 3.63) is 12.7 Å². The van der Waals surface area contributed by atoms with Gasteiger partial charge < -0.3 is 5.32 Å². The highest BCUT2D eigenvalue weighted by Gasteiger charge is 1.91. The van der Waals surface area contributed by atoms with Crippen molar-refractivity contribution in [3.8, 4) is 0 Å². The van der Waals surface area contributed by atoms with E-state index in [2.05, 4.69) is 18.8 Å². The number of unbranched alkanes of at least 4 members (excludes halogenated alkanes) is 7. The van der Waals surface area contributed by atoms with Crippen molar-refractivity contribution >= 4 is 0 Å². The number of hydrogen-bond donors (Lipinski definition) is 1. The molecule has 0 heterocycles. The Morgan fingerprint density at radius 1 is 0.867 bits per heavy atom. The summed E-state index contributed by atoms with van der Waals surface area (Å²) in [6.07, 6.45) is 14.2. The van der Waals surface area contributed by atoms with Gasteiger partial charge >= 0.3 is 0 Å². The predicted molar refractivity (Wildman–Crippen MR) is 70.3 cm³/mol. The summed E-state index contributed by atoms with van der Waals surface area (Å²) in [6, 6.07) is 0. The van der Waals surface area contributed by atoms with Gasteiger partial charge in [-0.15, -0.1) is 6.58 Å². The minimum atomic E-state index is 1.18. The molecule has 0 aliphatic rings. The maximum Gasteiger partial charge on any atom is -0.00489 e. The second kappa shape index (κ2) is 13.7. The van der Waals surface area contributed by atoms with Crippen LogP contribution in [0.4, 0.5) is 0 Å². The van der Waals surface area contributed by atoms with E-state index >= 15 is 0 Å². The molecule has 1 N–H and O–H groups in total. The average molecular weight is 211 g/mol. The molecule has 1 nitrogen and oxygen atoms in total. The third-order valence-electron chi connectivity index (χ3n) is 2.69. The largest absolute Gasteiger partial charge is 0.317 e. The van der Waals surface area contributed by atoms with Crippen LogP contribution in [0.3, 0.4) is 0 Å². The van der Waals surface area contributed by atoms with E-state index in [9.17, 15) is 0 Å². The lowest BCUT2D eigenvalue weighted by Crippen LogP contribution is -2.15. The second-order valence-electron chi connectivity index (χ2n) is 4.30. The molecule has 0 aromatic rings. The van der Waals surface area contributed by atoms with Gasteiger partial charge in [0.2, 0.25) is 0 Å². The van der Waals surface area contributed by atoms with Gasteiger partial charge in [0.25, 0.3) is 0 Å². The van der Waals surface area contributed by atoms with Crippen LogP contribution in [0.2, 0.25) is 0 Å². The van der Waals surface area contributed by atoms with Crippen LogP contribution in [-0.2, 0) is 0 Å². The number of hydrogen-bond acceptors (Lipinski definition) is 1. The summed E-state index contributed by atoms with van der Waals surface area (Å²) in [5, 5.41) is 3.44. The van der Waals surface area contributed by atoms with Crippen LogP contribution in [0.15, 0.2) is 12.7 Å². The molecule has 0 rings (SSSR count). The van der Waals surface area contributed by atoms with E-state index in [0.29, 0.717) is 0 Å². The fourth-order valence-corrected chi connectivity index (χ4v) is 1.72. The normalized spacial score (nSPS) is 10.5. The minimum Gasteiger partial charge on any atom is -0.317 e. The first kappa shape index (κ1) is 14.7.